The average Bonchev–Trinajstić information content (AvgIpc) is 2.47. The van der Waals surface area contributed by atoms with Crippen LogP contribution in [0, 0.1) is 0 Å². The number of hydrogen-bond acceptors (Lipinski definition) is 4. The molecule has 0 radical (unpaired) electrons. The van der Waals surface area contributed by atoms with Gasteiger partial charge in [-0.2, -0.15) is 0 Å². The maximum absolute atomic E-state index is 12.5. The molecule has 6 heteroatoms. The molecule has 104 valence electrons. The highest BCUT2D eigenvalue weighted by molar-refractivity contribution is 6.32. The Morgan fingerprint density at radius 1 is 1.21 bits per heavy atom. The van der Waals surface area contributed by atoms with Crippen molar-refractivity contribution in [1.82, 2.24) is 10.2 Å². The van der Waals surface area contributed by atoms with Crippen molar-refractivity contribution in [2.75, 3.05) is 40.4 Å². The predicted octanol–water partition coefficient (Wildman–Crippen LogP) is 1.40. The molecule has 2 rings (SSSR count). The lowest BCUT2D eigenvalue weighted by molar-refractivity contribution is 0.0732. The van der Waals surface area contributed by atoms with Crippen LogP contribution in [0.15, 0.2) is 12.1 Å². The van der Waals surface area contributed by atoms with Gasteiger partial charge in [0.25, 0.3) is 5.91 Å². The van der Waals surface area contributed by atoms with Gasteiger partial charge in [0, 0.05) is 32.2 Å². The number of carbonyl (C=O) groups is 1. The molecule has 0 unspecified atom stereocenters. The number of rotatable bonds is 3. The second-order valence-electron chi connectivity index (χ2n) is 4.23. The van der Waals surface area contributed by atoms with Crippen LogP contribution in [0.3, 0.4) is 0 Å². The van der Waals surface area contributed by atoms with Gasteiger partial charge in [0.2, 0.25) is 0 Å². The second-order valence-corrected chi connectivity index (χ2v) is 4.64. The lowest BCUT2D eigenvalue weighted by Crippen LogP contribution is -2.46. The minimum atomic E-state index is -0.0617. The zero-order valence-corrected chi connectivity index (χ0v) is 11.8. The van der Waals surface area contributed by atoms with Crippen molar-refractivity contribution < 1.29 is 14.3 Å². The van der Waals surface area contributed by atoms with Crippen molar-refractivity contribution in [2.24, 2.45) is 0 Å². The zero-order chi connectivity index (χ0) is 13.8. The Morgan fingerprint density at radius 2 is 1.84 bits per heavy atom. The molecular formula is C13H17ClN2O3. The summed E-state index contributed by atoms with van der Waals surface area (Å²) in [5, 5.41) is 3.64. The summed E-state index contributed by atoms with van der Waals surface area (Å²) in [6.45, 7) is 2.98. The molecule has 19 heavy (non-hydrogen) atoms. The molecule has 0 spiro atoms. The highest BCUT2D eigenvalue weighted by atomic mass is 35.5. The first-order valence-corrected chi connectivity index (χ1v) is 6.46. The molecule has 1 heterocycles. The molecule has 0 aliphatic carbocycles. The van der Waals surface area contributed by atoms with Crippen LogP contribution in [0.1, 0.15) is 10.4 Å². The van der Waals surface area contributed by atoms with Crippen LogP contribution in [0.4, 0.5) is 0 Å². The highest BCUT2D eigenvalue weighted by Crippen LogP contribution is 2.33. The van der Waals surface area contributed by atoms with Crippen LogP contribution in [-0.4, -0.2) is 51.2 Å². The molecule has 1 aliphatic heterocycles. The molecule has 0 aromatic heterocycles. The first kappa shape index (κ1) is 14.0. The third-order valence-corrected chi connectivity index (χ3v) is 3.40. The van der Waals surface area contributed by atoms with Crippen LogP contribution < -0.4 is 14.8 Å². The van der Waals surface area contributed by atoms with E-state index in [2.05, 4.69) is 5.32 Å². The summed E-state index contributed by atoms with van der Waals surface area (Å²) >= 11 is 6.03. The van der Waals surface area contributed by atoms with Crippen molar-refractivity contribution in [2.45, 2.75) is 0 Å². The minimum absolute atomic E-state index is 0.0617. The number of piperazine rings is 1. The normalized spacial score (nSPS) is 15.2. The second kappa shape index (κ2) is 6.12. The lowest BCUT2D eigenvalue weighted by atomic mass is 10.1. The molecule has 0 atom stereocenters. The van der Waals surface area contributed by atoms with E-state index >= 15 is 0 Å². The highest BCUT2D eigenvalue weighted by Gasteiger charge is 2.23. The van der Waals surface area contributed by atoms with Crippen LogP contribution in [0.2, 0.25) is 5.02 Å². The average molecular weight is 285 g/mol. The molecule has 1 saturated heterocycles. The molecule has 0 bridgehead atoms. The summed E-state index contributed by atoms with van der Waals surface area (Å²) in [5.74, 6) is 0.878. The van der Waals surface area contributed by atoms with E-state index in [1.54, 1.807) is 17.0 Å². The van der Waals surface area contributed by atoms with Crippen LogP contribution >= 0.6 is 11.6 Å². The van der Waals surface area contributed by atoms with Crippen molar-refractivity contribution in [3.8, 4) is 11.5 Å². The molecule has 1 aliphatic rings. The molecule has 1 amide bonds. The van der Waals surface area contributed by atoms with E-state index in [0.717, 1.165) is 13.1 Å². The van der Waals surface area contributed by atoms with Gasteiger partial charge in [-0.25, -0.2) is 0 Å². The van der Waals surface area contributed by atoms with E-state index in [-0.39, 0.29) is 5.91 Å². The third-order valence-electron chi connectivity index (χ3n) is 3.11. The van der Waals surface area contributed by atoms with Gasteiger partial charge in [-0.1, -0.05) is 11.6 Å². The summed E-state index contributed by atoms with van der Waals surface area (Å²) in [7, 11) is 3.04. The molecule has 1 fully saturated rings. The topological polar surface area (TPSA) is 50.8 Å². The number of halogens is 1. The zero-order valence-electron chi connectivity index (χ0n) is 11.0. The Labute approximate surface area is 117 Å². The SMILES string of the molecule is COc1cc(C(=O)N2CCNCC2)c(OC)cc1Cl. The molecule has 1 aromatic rings. The molecule has 5 nitrogen and oxygen atoms in total. The van der Waals surface area contributed by atoms with Gasteiger partial charge >= 0.3 is 0 Å². The maximum atomic E-state index is 12.5. The lowest BCUT2D eigenvalue weighted by Gasteiger charge is -2.28. The van der Waals surface area contributed by atoms with Gasteiger partial charge in [-0.05, 0) is 6.07 Å². The fraction of sp³-hybridized carbons (Fsp3) is 0.462. The number of methoxy groups -OCH3 is 2. The molecule has 0 saturated carbocycles. The van der Waals surface area contributed by atoms with Crippen molar-refractivity contribution in [3.05, 3.63) is 22.7 Å². The van der Waals surface area contributed by atoms with Gasteiger partial charge in [-0.3, -0.25) is 4.79 Å². The fourth-order valence-corrected chi connectivity index (χ4v) is 2.30. The summed E-state index contributed by atoms with van der Waals surface area (Å²) in [6, 6.07) is 3.24. The molecule has 1 N–H and O–H groups in total. The Balaban J connectivity index is 2.33. The van der Waals surface area contributed by atoms with Crippen LogP contribution in [-0.2, 0) is 0 Å². The minimum Gasteiger partial charge on any atom is -0.496 e. The van der Waals surface area contributed by atoms with E-state index in [1.807, 2.05) is 0 Å². The van der Waals surface area contributed by atoms with Crippen molar-refractivity contribution >= 4 is 17.5 Å². The number of carbonyl (C=O) groups excluding carboxylic acids is 1. The summed E-state index contributed by atoms with van der Waals surface area (Å²) < 4.78 is 10.4. The summed E-state index contributed by atoms with van der Waals surface area (Å²) in [4.78, 5) is 14.3. The number of hydrogen-bond donors (Lipinski definition) is 1. The Hall–Kier alpha value is -1.46. The van der Waals surface area contributed by atoms with Gasteiger partial charge in [0.1, 0.15) is 11.5 Å². The first-order valence-electron chi connectivity index (χ1n) is 6.09. The van der Waals surface area contributed by atoms with E-state index in [4.69, 9.17) is 21.1 Å². The Bertz CT molecular complexity index is 473. The predicted molar refractivity (Wildman–Crippen MR) is 73.3 cm³/mol. The maximum Gasteiger partial charge on any atom is 0.257 e. The van der Waals surface area contributed by atoms with Crippen LogP contribution in [0.5, 0.6) is 11.5 Å². The third kappa shape index (κ3) is 2.93. The van der Waals surface area contributed by atoms with Crippen LogP contribution in [0.25, 0.3) is 0 Å². The number of benzene rings is 1. The van der Waals surface area contributed by atoms with E-state index in [0.29, 0.717) is 35.2 Å². The van der Waals surface area contributed by atoms with E-state index < -0.39 is 0 Å². The fourth-order valence-electron chi connectivity index (χ4n) is 2.07. The summed E-state index contributed by atoms with van der Waals surface area (Å²) in [5.41, 5.74) is 0.477. The van der Waals surface area contributed by atoms with Gasteiger partial charge in [0.05, 0.1) is 24.8 Å². The van der Waals surface area contributed by atoms with Crippen molar-refractivity contribution in [1.29, 1.82) is 0 Å². The Kier molecular flexibility index (Phi) is 4.50. The Morgan fingerprint density at radius 3 is 2.42 bits per heavy atom. The monoisotopic (exact) mass is 284 g/mol. The summed E-state index contributed by atoms with van der Waals surface area (Å²) in [6.07, 6.45) is 0. The largest absolute Gasteiger partial charge is 0.496 e. The molecule has 1 aromatic carbocycles. The van der Waals surface area contributed by atoms with E-state index in [1.165, 1.54) is 14.2 Å². The smallest absolute Gasteiger partial charge is 0.257 e. The van der Waals surface area contributed by atoms with Crippen molar-refractivity contribution in [3.63, 3.8) is 0 Å². The number of nitrogens with one attached hydrogen (secondary N) is 1. The number of nitrogens with zero attached hydrogens (tertiary/aromatic N) is 1. The van der Waals surface area contributed by atoms with Gasteiger partial charge < -0.3 is 19.7 Å². The van der Waals surface area contributed by atoms with Gasteiger partial charge in [-0.15, -0.1) is 0 Å². The number of amides is 1. The first-order chi connectivity index (χ1) is 9.17. The number of ether oxygens (including phenoxy) is 2. The quantitative estimate of drug-likeness (QED) is 0.912. The standard InChI is InChI=1S/C13H17ClN2O3/c1-18-11-8-10(14)12(19-2)7-9(11)13(17)16-5-3-15-4-6-16/h7-8,15H,3-6H2,1-2H3. The van der Waals surface area contributed by atoms with Gasteiger partial charge in [0.15, 0.2) is 0 Å². The molecular weight excluding hydrogens is 268 g/mol. The van der Waals surface area contributed by atoms with E-state index in [9.17, 15) is 4.79 Å².